The molecule has 0 atom stereocenters. The molecule has 132 valence electrons. The van der Waals surface area contributed by atoms with E-state index >= 15 is 0 Å². The van der Waals surface area contributed by atoms with Gasteiger partial charge < -0.3 is 14.6 Å². The molecule has 1 aliphatic carbocycles. The molecule has 1 aromatic heterocycles. The lowest BCUT2D eigenvalue weighted by atomic mass is 9.89. The van der Waals surface area contributed by atoms with Crippen molar-refractivity contribution in [1.82, 2.24) is 10.5 Å². The Labute approximate surface area is 155 Å². The van der Waals surface area contributed by atoms with Crippen LogP contribution in [-0.2, 0) is 19.4 Å². The van der Waals surface area contributed by atoms with Gasteiger partial charge >= 0.3 is 0 Å². The van der Waals surface area contributed by atoms with Crippen molar-refractivity contribution in [3.05, 3.63) is 69.9 Å². The molecular weight excluding hydrogens is 352 g/mol. The predicted octanol–water partition coefficient (Wildman–Crippen LogP) is 4.03. The number of benzene rings is 2. The van der Waals surface area contributed by atoms with Crippen molar-refractivity contribution >= 4 is 17.5 Å². The molecule has 0 fully saturated rings. The maximum atomic E-state index is 12.6. The molecule has 0 aliphatic heterocycles. The number of hydrogen-bond donors (Lipinski definition) is 1. The van der Waals surface area contributed by atoms with Crippen LogP contribution in [0.15, 0.2) is 47.0 Å². The first-order valence-electron chi connectivity index (χ1n) is 8.34. The highest BCUT2D eigenvalue weighted by atomic mass is 35.5. The number of aryl methyl sites for hydroxylation is 1. The number of aromatic nitrogens is 1. The number of carbonyl (C=O) groups is 1. The second-order valence-corrected chi connectivity index (χ2v) is 6.61. The lowest BCUT2D eigenvalue weighted by molar-refractivity contribution is 0.0941. The highest BCUT2D eigenvalue weighted by Gasteiger charge is 2.27. The Morgan fingerprint density at radius 1 is 1.27 bits per heavy atom. The molecule has 0 saturated heterocycles. The Morgan fingerprint density at radius 2 is 2.15 bits per heavy atom. The summed E-state index contributed by atoms with van der Waals surface area (Å²) in [5, 5.41) is 7.55. The van der Waals surface area contributed by atoms with E-state index in [1.165, 1.54) is 5.56 Å². The SMILES string of the molecule is COc1ccc2c(c1)-c1onc(C(=O)NCc3cccc(Cl)c3)c1CC2. The average Bonchev–Trinajstić information content (AvgIpc) is 3.10. The zero-order valence-electron chi connectivity index (χ0n) is 14.2. The molecule has 1 N–H and O–H groups in total. The second kappa shape index (κ2) is 6.84. The third-order valence-electron chi connectivity index (χ3n) is 4.55. The Kier molecular flexibility index (Phi) is 4.39. The highest BCUT2D eigenvalue weighted by molar-refractivity contribution is 6.30. The van der Waals surface area contributed by atoms with E-state index in [2.05, 4.69) is 10.5 Å². The number of fused-ring (bicyclic) bond motifs is 3. The van der Waals surface area contributed by atoms with Crippen molar-refractivity contribution in [2.75, 3.05) is 7.11 Å². The molecule has 1 aliphatic rings. The highest BCUT2D eigenvalue weighted by Crippen LogP contribution is 2.37. The summed E-state index contributed by atoms with van der Waals surface area (Å²) in [6, 6.07) is 13.3. The number of nitrogens with one attached hydrogen (secondary N) is 1. The minimum atomic E-state index is -0.249. The summed E-state index contributed by atoms with van der Waals surface area (Å²) in [7, 11) is 1.63. The number of rotatable bonds is 4. The Bertz CT molecular complexity index is 981. The fourth-order valence-electron chi connectivity index (χ4n) is 3.22. The second-order valence-electron chi connectivity index (χ2n) is 6.17. The number of nitrogens with zero attached hydrogens (tertiary/aromatic N) is 1. The lowest BCUT2D eigenvalue weighted by Crippen LogP contribution is -2.24. The topological polar surface area (TPSA) is 64.4 Å². The van der Waals surface area contributed by atoms with Gasteiger partial charge in [0, 0.05) is 22.7 Å². The zero-order chi connectivity index (χ0) is 18.1. The summed E-state index contributed by atoms with van der Waals surface area (Å²) in [4.78, 5) is 12.6. The average molecular weight is 369 g/mol. The smallest absolute Gasteiger partial charge is 0.274 e. The fourth-order valence-corrected chi connectivity index (χ4v) is 3.43. The maximum Gasteiger partial charge on any atom is 0.274 e. The molecule has 3 aromatic rings. The minimum Gasteiger partial charge on any atom is -0.497 e. The van der Waals surface area contributed by atoms with E-state index in [0.717, 1.165) is 35.3 Å². The van der Waals surface area contributed by atoms with Gasteiger partial charge in [0.15, 0.2) is 11.5 Å². The number of carbonyl (C=O) groups excluding carboxylic acids is 1. The van der Waals surface area contributed by atoms with Crippen LogP contribution in [0.3, 0.4) is 0 Å². The third kappa shape index (κ3) is 3.06. The van der Waals surface area contributed by atoms with E-state index in [-0.39, 0.29) is 5.91 Å². The van der Waals surface area contributed by atoms with Gasteiger partial charge in [0.05, 0.1) is 7.11 Å². The van der Waals surface area contributed by atoms with Crippen molar-refractivity contribution in [2.45, 2.75) is 19.4 Å². The summed E-state index contributed by atoms with van der Waals surface area (Å²) in [5.74, 6) is 1.15. The molecular formula is C20H17ClN2O3. The Balaban J connectivity index is 1.58. The summed E-state index contributed by atoms with van der Waals surface area (Å²) in [5.41, 5.74) is 4.22. The largest absolute Gasteiger partial charge is 0.497 e. The quantitative estimate of drug-likeness (QED) is 0.755. The number of amides is 1. The Morgan fingerprint density at radius 3 is 2.96 bits per heavy atom. The molecule has 26 heavy (non-hydrogen) atoms. The van der Waals surface area contributed by atoms with Gasteiger partial charge in [-0.05, 0) is 48.2 Å². The van der Waals surface area contributed by atoms with E-state index < -0.39 is 0 Å². The van der Waals surface area contributed by atoms with Crippen LogP contribution in [0.4, 0.5) is 0 Å². The summed E-state index contributed by atoms with van der Waals surface area (Å²) in [6.07, 6.45) is 1.56. The van der Waals surface area contributed by atoms with Crippen LogP contribution >= 0.6 is 11.6 Å². The number of hydrogen-bond acceptors (Lipinski definition) is 4. The molecule has 4 rings (SSSR count). The van der Waals surface area contributed by atoms with Crippen LogP contribution in [0.25, 0.3) is 11.3 Å². The molecule has 1 amide bonds. The minimum absolute atomic E-state index is 0.249. The Hall–Kier alpha value is -2.79. The molecule has 1 heterocycles. The monoisotopic (exact) mass is 368 g/mol. The van der Waals surface area contributed by atoms with Crippen LogP contribution < -0.4 is 10.1 Å². The van der Waals surface area contributed by atoms with Gasteiger partial charge in [-0.15, -0.1) is 0 Å². The standard InChI is InChI=1S/C20H17ClN2O3/c1-25-15-7-5-13-6-8-16-18(23-26-19(16)17(13)10-15)20(24)22-11-12-3-2-4-14(21)9-12/h2-5,7,9-10H,6,8,11H2,1H3,(H,22,24). The van der Waals surface area contributed by atoms with Crippen LogP contribution in [0.5, 0.6) is 5.75 Å². The lowest BCUT2D eigenvalue weighted by Gasteiger charge is -2.15. The number of ether oxygens (including phenoxy) is 1. The summed E-state index contributed by atoms with van der Waals surface area (Å²) < 4.78 is 10.8. The summed E-state index contributed by atoms with van der Waals surface area (Å²) >= 11 is 5.98. The van der Waals surface area contributed by atoms with Crippen LogP contribution in [0, 0.1) is 0 Å². The van der Waals surface area contributed by atoms with Crippen LogP contribution in [0.1, 0.15) is 27.2 Å². The molecule has 0 saturated carbocycles. The van der Waals surface area contributed by atoms with Crippen LogP contribution in [-0.4, -0.2) is 18.2 Å². The van der Waals surface area contributed by atoms with Gasteiger partial charge in [-0.3, -0.25) is 4.79 Å². The molecule has 6 heteroatoms. The van der Waals surface area contributed by atoms with Gasteiger partial charge in [-0.2, -0.15) is 0 Å². The molecule has 0 unspecified atom stereocenters. The molecule has 2 aromatic carbocycles. The van der Waals surface area contributed by atoms with E-state index in [1.807, 2.05) is 36.4 Å². The van der Waals surface area contributed by atoms with Crippen molar-refractivity contribution in [3.8, 4) is 17.1 Å². The number of methoxy groups -OCH3 is 1. The van der Waals surface area contributed by atoms with E-state index in [9.17, 15) is 4.79 Å². The first kappa shape index (κ1) is 16.7. The predicted molar refractivity (Wildman–Crippen MR) is 98.5 cm³/mol. The third-order valence-corrected chi connectivity index (χ3v) is 4.79. The van der Waals surface area contributed by atoms with Crippen LogP contribution in [0.2, 0.25) is 5.02 Å². The molecule has 5 nitrogen and oxygen atoms in total. The molecule has 0 radical (unpaired) electrons. The van der Waals surface area contributed by atoms with Gasteiger partial charge in [0.1, 0.15) is 5.75 Å². The van der Waals surface area contributed by atoms with Crippen molar-refractivity contribution in [2.24, 2.45) is 0 Å². The van der Waals surface area contributed by atoms with Gasteiger partial charge in [0.25, 0.3) is 5.91 Å². The normalized spacial score (nSPS) is 12.2. The first-order chi connectivity index (χ1) is 12.7. The first-order valence-corrected chi connectivity index (χ1v) is 8.72. The van der Waals surface area contributed by atoms with Gasteiger partial charge in [-0.1, -0.05) is 35.0 Å². The maximum absolute atomic E-state index is 12.6. The van der Waals surface area contributed by atoms with Crippen molar-refractivity contribution in [3.63, 3.8) is 0 Å². The van der Waals surface area contributed by atoms with E-state index in [0.29, 0.717) is 23.0 Å². The van der Waals surface area contributed by atoms with Crippen molar-refractivity contribution < 1.29 is 14.1 Å². The van der Waals surface area contributed by atoms with Gasteiger partial charge in [0.2, 0.25) is 0 Å². The van der Waals surface area contributed by atoms with E-state index in [4.69, 9.17) is 20.9 Å². The molecule has 0 bridgehead atoms. The van der Waals surface area contributed by atoms with E-state index in [1.54, 1.807) is 13.2 Å². The van der Waals surface area contributed by atoms with Gasteiger partial charge in [-0.25, -0.2) is 0 Å². The van der Waals surface area contributed by atoms with Crippen molar-refractivity contribution in [1.29, 1.82) is 0 Å². The molecule has 0 spiro atoms. The number of halogens is 1. The fraction of sp³-hybridized carbons (Fsp3) is 0.200. The zero-order valence-corrected chi connectivity index (χ0v) is 15.0. The summed E-state index contributed by atoms with van der Waals surface area (Å²) in [6.45, 7) is 0.380.